The molecular weight excluding hydrogens is 566 g/mol. The molecular formula is C33H39N3O6S. The van der Waals surface area contributed by atoms with E-state index in [9.17, 15) is 18.0 Å². The van der Waals surface area contributed by atoms with Crippen molar-refractivity contribution in [2.75, 3.05) is 23.6 Å². The molecule has 1 heterocycles. The summed E-state index contributed by atoms with van der Waals surface area (Å²) in [5, 5.41) is 12.7. The van der Waals surface area contributed by atoms with Crippen molar-refractivity contribution in [3.8, 4) is 5.75 Å². The SMILES string of the molecule is CC1c2cc(NS(=O)(=O)c3ccccc3)ccc2OC1C(Nc1ccc(C(=O)N(C)CCC(=O)O)cc1)C1CCCCC1. The number of aliphatic carboxylic acids is 1. The van der Waals surface area contributed by atoms with E-state index in [0.29, 0.717) is 17.2 Å². The van der Waals surface area contributed by atoms with E-state index in [4.69, 9.17) is 9.84 Å². The van der Waals surface area contributed by atoms with Crippen molar-refractivity contribution in [2.45, 2.75) is 68.4 Å². The van der Waals surface area contributed by atoms with Crippen LogP contribution in [0.3, 0.4) is 0 Å². The van der Waals surface area contributed by atoms with Crippen LogP contribution in [0.1, 0.15) is 67.3 Å². The van der Waals surface area contributed by atoms with Crippen LogP contribution in [0, 0.1) is 5.92 Å². The molecule has 0 spiro atoms. The summed E-state index contributed by atoms with van der Waals surface area (Å²) in [5.74, 6) is 0.00386. The molecule has 0 bridgehead atoms. The number of carboxylic acid groups (broad SMARTS) is 1. The molecule has 3 unspecified atom stereocenters. The van der Waals surface area contributed by atoms with Gasteiger partial charge >= 0.3 is 5.97 Å². The van der Waals surface area contributed by atoms with Crippen LogP contribution in [-0.2, 0) is 14.8 Å². The second-order valence-electron chi connectivity index (χ2n) is 11.6. The molecule has 1 aliphatic carbocycles. The fourth-order valence-corrected chi connectivity index (χ4v) is 7.22. The minimum absolute atomic E-state index is 0.00644. The Morgan fingerprint density at radius 2 is 1.65 bits per heavy atom. The van der Waals surface area contributed by atoms with Gasteiger partial charge in [0.1, 0.15) is 11.9 Å². The normalized spacial score (nSPS) is 19.1. The van der Waals surface area contributed by atoms with Gasteiger partial charge in [0.05, 0.1) is 17.4 Å². The third-order valence-corrected chi connectivity index (χ3v) is 9.94. The Bertz CT molecular complexity index is 1540. The largest absolute Gasteiger partial charge is 0.487 e. The van der Waals surface area contributed by atoms with Crippen LogP contribution in [0.4, 0.5) is 11.4 Å². The molecule has 9 nitrogen and oxygen atoms in total. The lowest BCUT2D eigenvalue weighted by Crippen LogP contribution is -2.44. The first-order valence-electron chi connectivity index (χ1n) is 14.8. The first-order chi connectivity index (χ1) is 20.6. The van der Waals surface area contributed by atoms with E-state index in [-0.39, 0.29) is 41.8 Å². The molecule has 0 aromatic heterocycles. The quantitative estimate of drug-likeness (QED) is 0.246. The number of hydrogen-bond donors (Lipinski definition) is 3. The van der Waals surface area contributed by atoms with Gasteiger partial charge in [-0.15, -0.1) is 0 Å². The van der Waals surface area contributed by atoms with Crippen molar-refractivity contribution in [3.63, 3.8) is 0 Å². The molecule has 1 aliphatic heterocycles. The number of hydrogen-bond acceptors (Lipinski definition) is 6. The van der Waals surface area contributed by atoms with E-state index in [0.717, 1.165) is 29.8 Å². The van der Waals surface area contributed by atoms with Gasteiger partial charge in [0.15, 0.2) is 0 Å². The molecule has 5 rings (SSSR count). The summed E-state index contributed by atoms with van der Waals surface area (Å²) in [5.41, 5.74) is 2.83. The van der Waals surface area contributed by atoms with Crippen LogP contribution >= 0.6 is 0 Å². The summed E-state index contributed by atoms with van der Waals surface area (Å²) in [7, 11) is -2.11. The van der Waals surface area contributed by atoms with Crippen LogP contribution in [0.25, 0.3) is 0 Å². The number of carboxylic acids is 1. The lowest BCUT2D eigenvalue weighted by molar-refractivity contribution is -0.137. The minimum atomic E-state index is -3.71. The Morgan fingerprint density at radius 3 is 2.33 bits per heavy atom. The average molecular weight is 606 g/mol. The van der Waals surface area contributed by atoms with Gasteiger partial charge in [-0.25, -0.2) is 8.42 Å². The van der Waals surface area contributed by atoms with E-state index >= 15 is 0 Å². The second-order valence-corrected chi connectivity index (χ2v) is 13.2. The molecule has 1 amide bonds. The number of fused-ring (bicyclic) bond motifs is 1. The first-order valence-corrected chi connectivity index (χ1v) is 16.3. The number of sulfonamides is 1. The number of nitrogens with one attached hydrogen (secondary N) is 2. The van der Waals surface area contributed by atoms with Crippen molar-refractivity contribution in [1.82, 2.24) is 4.90 Å². The van der Waals surface area contributed by atoms with Gasteiger partial charge in [-0.1, -0.05) is 44.4 Å². The summed E-state index contributed by atoms with van der Waals surface area (Å²) >= 11 is 0. The number of benzene rings is 3. The lowest BCUT2D eigenvalue weighted by atomic mass is 9.78. The molecule has 3 N–H and O–H groups in total. The summed E-state index contributed by atoms with van der Waals surface area (Å²) in [4.78, 5) is 25.3. The maximum atomic E-state index is 12.9. The van der Waals surface area contributed by atoms with Gasteiger partial charge in [-0.3, -0.25) is 14.3 Å². The van der Waals surface area contributed by atoms with E-state index < -0.39 is 16.0 Å². The van der Waals surface area contributed by atoms with Crippen molar-refractivity contribution in [1.29, 1.82) is 0 Å². The fourth-order valence-electron chi connectivity index (χ4n) is 6.15. The highest BCUT2D eigenvalue weighted by atomic mass is 32.2. The van der Waals surface area contributed by atoms with Crippen LogP contribution < -0.4 is 14.8 Å². The molecule has 3 aromatic rings. The molecule has 1 fully saturated rings. The fraction of sp³-hybridized carbons (Fsp3) is 0.394. The zero-order valence-corrected chi connectivity index (χ0v) is 25.3. The second kappa shape index (κ2) is 13.1. The van der Waals surface area contributed by atoms with Crippen LogP contribution in [-0.4, -0.2) is 56.0 Å². The number of ether oxygens (including phenoxy) is 1. The molecule has 1 saturated carbocycles. The van der Waals surface area contributed by atoms with Crippen LogP contribution in [0.15, 0.2) is 77.7 Å². The third kappa shape index (κ3) is 7.13. The zero-order chi connectivity index (χ0) is 30.6. The zero-order valence-electron chi connectivity index (χ0n) is 24.5. The van der Waals surface area contributed by atoms with Crippen molar-refractivity contribution in [3.05, 3.63) is 83.9 Å². The molecule has 43 heavy (non-hydrogen) atoms. The predicted octanol–water partition coefficient (Wildman–Crippen LogP) is 5.96. The maximum absolute atomic E-state index is 12.9. The van der Waals surface area contributed by atoms with E-state index in [1.807, 2.05) is 24.3 Å². The monoisotopic (exact) mass is 605 g/mol. The molecule has 3 atom stereocenters. The number of anilines is 2. The smallest absolute Gasteiger partial charge is 0.305 e. The standard InChI is InChI=1S/C33H39N3O6S/c1-22-28-21-26(35-43(40,41)27-11-7-4-8-12-27)17-18-29(28)42-32(22)31(23-9-5-3-6-10-23)34-25-15-13-24(14-16-25)33(39)36(2)20-19-30(37)38/h4,7-8,11-18,21-23,31-32,34-35H,3,5-6,9-10,19-20H2,1-2H3,(H,37,38). The van der Waals surface area contributed by atoms with E-state index in [2.05, 4.69) is 17.0 Å². The third-order valence-electron chi connectivity index (χ3n) is 8.55. The highest BCUT2D eigenvalue weighted by Crippen LogP contribution is 2.44. The number of carbonyl (C=O) groups is 2. The molecule has 3 aromatic carbocycles. The molecule has 10 heteroatoms. The van der Waals surface area contributed by atoms with Gasteiger partial charge in [0, 0.05) is 42.0 Å². The number of carbonyl (C=O) groups excluding carboxylic acids is 1. The topological polar surface area (TPSA) is 125 Å². The highest BCUT2D eigenvalue weighted by Gasteiger charge is 2.41. The first kappa shape index (κ1) is 30.4. The summed E-state index contributed by atoms with van der Waals surface area (Å²) in [6.45, 7) is 2.27. The lowest BCUT2D eigenvalue weighted by Gasteiger charge is -2.36. The Hall–Kier alpha value is -4.05. The number of nitrogens with zero attached hydrogens (tertiary/aromatic N) is 1. The summed E-state index contributed by atoms with van der Waals surface area (Å²) < 4.78 is 35.1. The molecule has 2 aliphatic rings. The Kier molecular flexibility index (Phi) is 9.25. The summed E-state index contributed by atoms with van der Waals surface area (Å²) in [6.07, 6.45) is 5.47. The van der Waals surface area contributed by atoms with Gasteiger partial charge < -0.3 is 20.1 Å². The average Bonchev–Trinajstić information content (AvgIpc) is 3.34. The molecule has 0 saturated heterocycles. The Morgan fingerprint density at radius 1 is 0.977 bits per heavy atom. The van der Waals surface area contributed by atoms with E-state index in [1.165, 1.54) is 24.2 Å². The highest BCUT2D eigenvalue weighted by molar-refractivity contribution is 7.92. The van der Waals surface area contributed by atoms with Crippen LogP contribution in [0.2, 0.25) is 0 Å². The summed E-state index contributed by atoms with van der Waals surface area (Å²) in [6, 6.07) is 21.1. The number of rotatable bonds is 11. The van der Waals surface area contributed by atoms with Crippen LogP contribution in [0.5, 0.6) is 5.75 Å². The van der Waals surface area contributed by atoms with Crippen molar-refractivity contribution in [2.24, 2.45) is 5.92 Å². The van der Waals surface area contributed by atoms with Gasteiger partial charge in [-0.05, 0) is 73.4 Å². The van der Waals surface area contributed by atoms with Crippen molar-refractivity contribution < 1.29 is 27.9 Å². The van der Waals surface area contributed by atoms with Gasteiger partial charge in [0.25, 0.3) is 15.9 Å². The number of amides is 1. The molecule has 228 valence electrons. The van der Waals surface area contributed by atoms with Gasteiger partial charge in [0.2, 0.25) is 0 Å². The maximum Gasteiger partial charge on any atom is 0.305 e. The minimum Gasteiger partial charge on any atom is -0.487 e. The Labute approximate surface area is 253 Å². The molecule has 0 radical (unpaired) electrons. The van der Waals surface area contributed by atoms with E-state index in [1.54, 1.807) is 55.6 Å². The van der Waals surface area contributed by atoms with Gasteiger partial charge in [-0.2, -0.15) is 0 Å². The van der Waals surface area contributed by atoms with Crippen molar-refractivity contribution >= 4 is 33.3 Å². The Balaban J connectivity index is 1.33. The predicted molar refractivity (Wildman–Crippen MR) is 166 cm³/mol.